The molecule has 6 nitrogen and oxygen atoms in total. The Morgan fingerprint density at radius 1 is 1.17 bits per heavy atom. The van der Waals surface area contributed by atoms with E-state index in [4.69, 9.17) is 4.74 Å². The summed E-state index contributed by atoms with van der Waals surface area (Å²) >= 11 is 1.64. The van der Waals surface area contributed by atoms with Gasteiger partial charge in [-0.25, -0.2) is 0 Å². The van der Waals surface area contributed by atoms with E-state index in [9.17, 15) is 0 Å². The van der Waals surface area contributed by atoms with E-state index >= 15 is 0 Å². The number of anilines is 1. The average Bonchev–Trinajstić information content (AvgIpc) is 3.26. The first-order valence-electron chi connectivity index (χ1n) is 8.18. The van der Waals surface area contributed by atoms with E-state index < -0.39 is 0 Å². The fourth-order valence-corrected chi connectivity index (χ4v) is 4.10. The lowest BCUT2D eigenvalue weighted by atomic mass is 10.1. The van der Waals surface area contributed by atoms with Crippen LogP contribution in [0.2, 0.25) is 0 Å². The van der Waals surface area contributed by atoms with Gasteiger partial charge < -0.3 is 9.64 Å². The molecule has 2 aromatic heterocycles. The van der Waals surface area contributed by atoms with Gasteiger partial charge in [0.25, 0.3) is 0 Å². The van der Waals surface area contributed by atoms with Gasteiger partial charge in [0, 0.05) is 38.9 Å². The van der Waals surface area contributed by atoms with Crippen LogP contribution in [0.3, 0.4) is 0 Å². The molecule has 1 unspecified atom stereocenters. The van der Waals surface area contributed by atoms with Gasteiger partial charge in [0.2, 0.25) is 5.13 Å². The molecule has 4 heterocycles. The SMILES string of the molecule is c1ccc(-c2nnc(N3CCC(CN4CCOCC4)C3)s2)nc1. The van der Waals surface area contributed by atoms with E-state index in [0.29, 0.717) is 0 Å². The highest BCUT2D eigenvalue weighted by Gasteiger charge is 2.27. The summed E-state index contributed by atoms with van der Waals surface area (Å²) in [6.07, 6.45) is 3.03. The first-order chi connectivity index (χ1) is 11.4. The molecule has 2 aromatic rings. The summed E-state index contributed by atoms with van der Waals surface area (Å²) in [6, 6.07) is 5.88. The van der Waals surface area contributed by atoms with Crippen molar-refractivity contribution in [2.24, 2.45) is 5.92 Å². The summed E-state index contributed by atoms with van der Waals surface area (Å²) in [5, 5.41) is 10.6. The minimum absolute atomic E-state index is 0.718. The first kappa shape index (κ1) is 15.0. The van der Waals surface area contributed by atoms with Gasteiger partial charge >= 0.3 is 0 Å². The number of nitrogens with zero attached hydrogens (tertiary/aromatic N) is 5. The van der Waals surface area contributed by atoms with Gasteiger partial charge in [0.05, 0.1) is 13.2 Å². The van der Waals surface area contributed by atoms with Crippen molar-refractivity contribution in [2.45, 2.75) is 6.42 Å². The third kappa shape index (κ3) is 3.52. The maximum atomic E-state index is 5.42. The molecule has 4 rings (SSSR count). The van der Waals surface area contributed by atoms with Crippen LogP contribution in [0.5, 0.6) is 0 Å². The van der Waals surface area contributed by atoms with Crippen LogP contribution in [0.1, 0.15) is 6.42 Å². The van der Waals surface area contributed by atoms with Gasteiger partial charge in [-0.15, -0.1) is 10.2 Å². The monoisotopic (exact) mass is 331 g/mol. The summed E-state index contributed by atoms with van der Waals surface area (Å²) in [5.74, 6) is 0.718. The fraction of sp³-hybridized carbons (Fsp3) is 0.562. The van der Waals surface area contributed by atoms with Crippen LogP contribution in [0.15, 0.2) is 24.4 Å². The zero-order valence-electron chi connectivity index (χ0n) is 13.1. The molecule has 0 amide bonds. The lowest BCUT2D eigenvalue weighted by Crippen LogP contribution is -2.39. The minimum atomic E-state index is 0.718. The van der Waals surface area contributed by atoms with E-state index in [1.165, 1.54) is 13.0 Å². The van der Waals surface area contributed by atoms with Gasteiger partial charge in [0.1, 0.15) is 5.69 Å². The maximum absolute atomic E-state index is 5.42. The molecule has 0 saturated carbocycles. The van der Waals surface area contributed by atoms with Gasteiger partial charge in [0.15, 0.2) is 5.01 Å². The predicted molar refractivity (Wildman–Crippen MR) is 90.7 cm³/mol. The molecule has 2 aliphatic rings. The molecule has 0 radical (unpaired) electrons. The highest BCUT2D eigenvalue weighted by atomic mass is 32.1. The van der Waals surface area contributed by atoms with Crippen LogP contribution in [0.25, 0.3) is 10.7 Å². The van der Waals surface area contributed by atoms with Crippen LogP contribution in [-0.4, -0.2) is 66.0 Å². The van der Waals surface area contributed by atoms with Gasteiger partial charge in [-0.2, -0.15) is 0 Å². The van der Waals surface area contributed by atoms with Gasteiger partial charge in [-0.05, 0) is 24.5 Å². The Kier molecular flexibility index (Phi) is 4.50. The van der Waals surface area contributed by atoms with Crippen molar-refractivity contribution in [3.8, 4) is 10.7 Å². The molecule has 7 heteroatoms. The topological polar surface area (TPSA) is 54.4 Å². The van der Waals surface area contributed by atoms with Crippen molar-refractivity contribution >= 4 is 16.5 Å². The highest BCUT2D eigenvalue weighted by Crippen LogP contribution is 2.31. The van der Waals surface area contributed by atoms with Crippen molar-refractivity contribution < 1.29 is 4.74 Å². The molecule has 2 saturated heterocycles. The molecular weight excluding hydrogens is 310 g/mol. The largest absolute Gasteiger partial charge is 0.379 e. The lowest BCUT2D eigenvalue weighted by molar-refractivity contribution is 0.0320. The lowest BCUT2D eigenvalue weighted by Gasteiger charge is -2.28. The Morgan fingerprint density at radius 3 is 2.91 bits per heavy atom. The van der Waals surface area contributed by atoms with E-state index in [2.05, 4.69) is 25.0 Å². The number of morpholine rings is 1. The van der Waals surface area contributed by atoms with Crippen LogP contribution in [0.4, 0.5) is 5.13 Å². The molecule has 2 fully saturated rings. The smallest absolute Gasteiger partial charge is 0.208 e. The number of aromatic nitrogens is 3. The third-order valence-electron chi connectivity index (χ3n) is 4.47. The summed E-state index contributed by atoms with van der Waals surface area (Å²) in [6.45, 7) is 7.21. The zero-order chi connectivity index (χ0) is 15.5. The quantitative estimate of drug-likeness (QED) is 0.851. The molecule has 0 spiro atoms. The third-order valence-corrected chi connectivity index (χ3v) is 5.48. The van der Waals surface area contributed by atoms with Crippen LogP contribution in [0, 0.1) is 5.92 Å². The zero-order valence-corrected chi connectivity index (χ0v) is 13.9. The Labute approximate surface area is 140 Å². The molecule has 23 heavy (non-hydrogen) atoms. The Bertz CT molecular complexity index is 628. The van der Waals surface area contributed by atoms with Crippen molar-refractivity contribution in [3.63, 3.8) is 0 Å². The Balaban J connectivity index is 1.37. The summed E-state index contributed by atoms with van der Waals surface area (Å²) in [7, 11) is 0. The average molecular weight is 331 g/mol. The van der Waals surface area contributed by atoms with Gasteiger partial charge in [-0.3, -0.25) is 9.88 Å². The normalized spacial score (nSPS) is 22.6. The summed E-state index contributed by atoms with van der Waals surface area (Å²) in [4.78, 5) is 9.25. The molecule has 2 aliphatic heterocycles. The molecular formula is C16H21N5OS. The van der Waals surface area contributed by atoms with Crippen molar-refractivity contribution in [2.75, 3.05) is 50.8 Å². The number of hydrogen-bond acceptors (Lipinski definition) is 7. The van der Waals surface area contributed by atoms with Crippen molar-refractivity contribution in [1.82, 2.24) is 20.1 Å². The molecule has 0 aliphatic carbocycles. The fourth-order valence-electron chi connectivity index (χ4n) is 3.24. The predicted octanol–water partition coefficient (Wildman–Crippen LogP) is 1.76. The standard InChI is InChI=1S/C16H21N5OS/c1-2-5-17-14(3-1)15-18-19-16(23-15)21-6-4-13(12-21)11-20-7-9-22-10-8-20/h1-3,5,13H,4,6-12H2. The number of pyridine rings is 1. The second-order valence-electron chi connectivity index (χ2n) is 6.12. The van der Waals surface area contributed by atoms with Crippen molar-refractivity contribution in [1.29, 1.82) is 0 Å². The van der Waals surface area contributed by atoms with Crippen molar-refractivity contribution in [3.05, 3.63) is 24.4 Å². The second kappa shape index (κ2) is 6.90. The van der Waals surface area contributed by atoms with E-state index in [1.807, 2.05) is 18.2 Å². The molecule has 0 bridgehead atoms. The summed E-state index contributed by atoms with van der Waals surface area (Å²) < 4.78 is 5.42. The minimum Gasteiger partial charge on any atom is -0.379 e. The first-order valence-corrected chi connectivity index (χ1v) is 9.00. The van der Waals surface area contributed by atoms with E-state index in [1.54, 1.807) is 17.5 Å². The second-order valence-corrected chi connectivity index (χ2v) is 7.07. The number of rotatable bonds is 4. The molecule has 0 aromatic carbocycles. The van der Waals surface area contributed by atoms with E-state index in [-0.39, 0.29) is 0 Å². The maximum Gasteiger partial charge on any atom is 0.208 e. The Morgan fingerprint density at radius 2 is 2.09 bits per heavy atom. The molecule has 1 atom stereocenters. The van der Waals surface area contributed by atoms with Crippen LogP contribution in [-0.2, 0) is 4.74 Å². The number of hydrogen-bond donors (Lipinski definition) is 0. The van der Waals surface area contributed by atoms with Crippen LogP contribution < -0.4 is 4.90 Å². The molecule has 122 valence electrons. The van der Waals surface area contributed by atoms with Crippen LogP contribution >= 0.6 is 11.3 Å². The number of ether oxygens (including phenoxy) is 1. The molecule has 0 N–H and O–H groups in total. The Hall–Kier alpha value is -1.57. The van der Waals surface area contributed by atoms with E-state index in [0.717, 1.165) is 61.1 Å². The van der Waals surface area contributed by atoms with Gasteiger partial charge in [-0.1, -0.05) is 17.4 Å². The highest BCUT2D eigenvalue weighted by molar-refractivity contribution is 7.18. The summed E-state index contributed by atoms with van der Waals surface area (Å²) in [5.41, 5.74) is 0.903.